The fourth-order valence-electron chi connectivity index (χ4n) is 1.02. The summed E-state index contributed by atoms with van der Waals surface area (Å²) < 4.78 is 10.0. The fourth-order valence-corrected chi connectivity index (χ4v) is 1.49. The largest absolute Gasteiger partial charge is 0.495 e. The monoisotopic (exact) mass is 239 g/mol. The smallest absolute Gasteiger partial charge is 0.341 e. The first kappa shape index (κ1) is 12.2. The summed E-state index contributed by atoms with van der Waals surface area (Å²) in [6, 6.07) is 4.78. The molecule has 0 aliphatic carbocycles. The molecule has 0 radical (unpaired) electrons. The van der Waals surface area contributed by atoms with Crippen LogP contribution >= 0.6 is 11.8 Å². The van der Waals surface area contributed by atoms with Gasteiger partial charge in [-0.3, -0.25) is 0 Å². The molecule has 6 heteroatoms. The Morgan fingerprint density at radius 1 is 1.62 bits per heavy atom. The summed E-state index contributed by atoms with van der Waals surface area (Å²) in [7, 11) is 1.47. The Bertz CT molecular complexity index is 427. The normalized spacial score (nSPS) is 9.25. The van der Waals surface area contributed by atoms with Crippen molar-refractivity contribution in [2.75, 3.05) is 13.7 Å². The van der Waals surface area contributed by atoms with Crippen LogP contribution in [0.2, 0.25) is 0 Å². The highest BCUT2D eigenvalue weighted by Gasteiger charge is 2.06. The number of carbonyl (C=O) groups is 1. The molecule has 0 aliphatic heterocycles. The summed E-state index contributed by atoms with van der Waals surface area (Å²) in [4.78, 5) is 11.0. The van der Waals surface area contributed by atoms with Crippen molar-refractivity contribution >= 4 is 17.7 Å². The molecule has 16 heavy (non-hydrogen) atoms. The summed E-state index contributed by atoms with van der Waals surface area (Å²) in [6.07, 6.45) is 0. The van der Waals surface area contributed by atoms with Gasteiger partial charge < -0.3 is 14.6 Å². The van der Waals surface area contributed by atoms with Gasteiger partial charge in [0.25, 0.3) is 0 Å². The Morgan fingerprint density at radius 3 is 2.94 bits per heavy atom. The minimum absolute atomic E-state index is 0.390. The van der Waals surface area contributed by atoms with E-state index in [1.807, 2.05) is 5.40 Å². The highest BCUT2D eigenvalue weighted by atomic mass is 32.2. The number of hydrogen-bond acceptors (Lipinski definition) is 5. The van der Waals surface area contributed by atoms with Crippen LogP contribution in [-0.2, 0) is 4.79 Å². The van der Waals surface area contributed by atoms with Crippen molar-refractivity contribution < 1.29 is 19.4 Å². The Balaban J connectivity index is 2.82. The van der Waals surface area contributed by atoms with E-state index in [1.165, 1.54) is 7.11 Å². The summed E-state index contributed by atoms with van der Waals surface area (Å²) >= 11 is 0.968. The maximum atomic E-state index is 10.3. The van der Waals surface area contributed by atoms with E-state index in [0.717, 1.165) is 11.8 Å². The molecule has 0 unspecified atom stereocenters. The first-order chi connectivity index (χ1) is 7.67. The summed E-state index contributed by atoms with van der Waals surface area (Å²) in [6.45, 7) is -0.409. The van der Waals surface area contributed by atoms with Gasteiger partial charge in [-0.1, -0.05) is 0 Å². The van der Waals surface area contributed by atoms with E-state index >= 15 is 0 Å². The van der Waals surface area contributed by atoms with E-state index in [-0.39, 0.29) is 0 Å². The number of carboxylic acid groups (broad SMARTS) is 1. The zero-order chi connectivity index (χ0) is 12.0. The average Bonchev–Trinajstić information content (AvgIpc) is 2.28. The lowest BCUT2D eigenvalue weighted by atomic mass is 10.3. The van der Waals surface area contributed by atoms with Gasteiger partial charge in [0.1, 0.15) is 16.9 Å². The molecule has 0 heterocycles. The van der Waals surface area contributed by atoms with Gasteiger partial charge in [-0.25, -0.2) is 4.79 Å². The van der Waals surface area contributed by atoms with Crippen LogP contribution < -0.4 is 9.47 Å². The van der Waals surface area contributed by atoms with Crippen LogP contribution in [0.15, 0.2) is 23.1 Å². The first-order valence-corrected chi connectivity index (χ1v) is 5.07. The van der Waals surface area contributed by atoms with Crippen molar-refractivity contribution in [2.45, 2.75) is 4.90 Å². The van der Waals surface area contributed by atoms with Gasteiger partial charge in [-0.15, -0.1) is 0 Å². The van der Waals surface area contributed by atoms with Crippen LogP contribution in [0.25, 0.3) is 0 Å². The number of carboxylic acids is 1. The Hall–Kier alpha value is -1.87. The molecule has 0 amide bonds. The first-order valence-electron chi connectivity index (χ1n) is 4.26. The van der Waals surface area contributed by atoms with Gasteiger partial charge in [0.2, 0.25) is 0 Å². The molecule has 0 aliphatic rings. The molecule has 0 bridgehead atoms. The Kier molecular flexibility index (Phi) is 4.48. The van der Waals surface area contributed by atoms with E-state index in [9.17, 15) is 4.79 Å². The number of thioether (sulfide) groups is 1. The number of thiocyanates is 1. The molecule has 0 aromatic heterocycles. The minimum Gasteiger partial charge on any atom is -0.495 e. The average molecular weight is 239 g/mol. The van der Waals surface area contributed by atoms with Crippen LogP contribution in [0.3, 0.4) is 0 Å². The molecule has 1 rings (SSSR count). The van der Waals surface area contributed by atoms with Gasteiger partial charge in [0.15, 0.2) is 6.61 Å². The highest BCUT2D eigenvalue weighted by Crippen LogP contribution is 2.31. The maximum Gasteiger partial charge on any atom is 0.341 e. The van der Waals surface area contributed by atoms with E-state index in [1.54, 1.807) is 18.2 Å². The second-order valence-corrected chi connectivity index (χ2v) is 3.51. The summed E-state index contributed by atoms with van der Waals surface area (Å²) in [5.41, 5.74) is 0. The molecule has 84 valence electrons. The molecular weight excluding hydrogens is 230 g/mol. The molecule has 1 N–H and O–H groups in total. The van der Waals surface area contributed by atoms with Crippen LogP contribution in [0.1, 0.15) is 0 Å². The molecule has 0 spiro atoms. The third-order valence-electron chi connectivity index (χ3n) is 1.65. The number of benzene rings is 1. The molecule has 0 fully saturated rings. The third-order valence-corrected chi connectivity index (χ3v) is 2.30. The number of ether oxygens (including phenoxy) is 2. The van der Waals surface area contributed by atoms with Crippen LogP contribution in [0.5, 0.6) is 11.5 Å². The van der Waals surface area contributed by atoms with Gasteiger partial charge in [0.05, 0.1) is 12.0 Å². The second kappa shape index (κ2) is 5.88. The number of nitrogens with zero attached hydrogens (tertiary/aromatic N) is 1. The van der Waals surface area contributed by atoms with E-state index in [0.29, 0.717) is 16.4 Å². The predicted octanol–water partition coefficient (Wildman–Crippen LogP) is 1.73. The van der Waals surface area contributed by atoms with Crippen molar-refractivity contribution in [1.82, 2.24) is 0 Å². The quantitative estimate of drug-likeness (QED) is 0.622. The molecule has 1 aromatic carbocycles. The van der Waals surface area contributed by atoms with E-state index in [4.69, 9.17) is 19.8 Å². The predicted molar refractivity (Wildman–Crippen MR) is 57.6 cm³/mol. The van der Waals surface area contributed by atoms with Crippen LogP contribution in [0, 0.1) is 10.7 Å². The van der Waals surface area contributed by atoms with E-state index in [2.05, 4.69) is 0 Å². The maximum absolute atomic E-state index is 10.3. The molecule has 0 atom stereocenters. The zero-order valence-corrected chi connectivity index (χ0v) is 9.28. The van der Waals surface area contributed by atoms with Crippen molar-refractivity contribution in [3.63, 3.8) is 0 Å². The summed E-state index contributed by atoms with van der Waals surface area (Å²) in [5, 5.41) is 18.9. The fraction of sp³-hybridized carbons (Fsp3) is 0.200. The topological polar surface area (TPSA) is 79.6 Å². The van der Waals surface area contributed by atoms with Crippen molar-refractivity contribution in [3.05, 3.63) is 18.2 Å². The van der Waals surface area contributed by atoms with Crippen molar-refractivity contribution in [1.29, 1.82) is 5.26 Å². The lowest BCUT2D eigenvalue weighted by Crippen LogP contribution is -2.09. The van der Waals surface area contributed by atoms with E-state index < -0.39 is 12.6 Å². The van der Waals surface area contributed by atoms with Gasteiger partial charge in [-0.05, 0) is 23.9 Å². The molecule has 1 aromatic rings. The Labute approximate surface area is 96.6 Å². The lowest BCUT2D eigenvalue weighted by Gasteiger charge is -2.08. The standard InChI is InChI=1S/C10H9NO4S/c1-14-8-4-7(15-5-10(12)13)2-3-9(8)16-6-11/h2-4H,5H2,1H3,(H,12,13). The SMILES string of the molecule is COc1cc(OCC(=O)O)ccc1SC#N. The number of aliphatic carboxylic acids is 1. The number of hydrogen-bond donors (Lipinski definition) is 1. The molecule has 0 saturated carbocycles. The van der Waals surface area contributed by atoms with Crippen LogP contribution in [0.4, 0.5) is 0 Å². The minimum atomic E-state index is -1.05. The van der Waals surface area contributed by atoms with Gasteiger partial charge in [-0.2, -0.15) is 5.26 Å². The third kappa shape index (κ3) is 3.37. The molecular formula is C10H9NO4S. The highest BCUT2D eigenvalue weighted by molar-refractivity contribution is 8.03. The van der Waals surface area contributed by atoms with Gasteiger partial charge >= 0.3 is 5.97 Å². The zero-order valence-electron chi connectivity index (χ0n) is 8.47. The molecule has 5 nitrogen and oxygen atoms in total. The van der Waals surface area contributed by atoms with Crippen LogP contribution in [-0.4, -0.2) is 24.8 Å². The lowest BCUT2D eigenvalue weighted by molar-refractivity contribution is -0.139. The molecule has 0 saturated heterocycles. The number of methoxy groups -OCH3 is 1. The van der Waals surface area contributed by atoms with Crippen molar-refractivity contribution in [2.24, 2.45) is 0 Å². The second-order valence-electron chi connectivity index (χ2n) is 2.69. The Morgan fingerprint density at radius 2 is 2.38 bits per heavy atom. The number of nitriles is 1. The van der Waals surface area contributed by atoms with Crippen molar-refractivity contribution in [3.8, 4) is 16.9 Å². The number of rotatable bonds is 5. The van der Waals surface area contributed by atoms with Gasteiger partial charge in [0, 0.05) is 6.07 Å². The summed E-state index contributed by atoms with van der Waals surface area (Å²) in [5.74, 6) is -0.176.